The lowest BCUT2D eigenvalue weighted by Gasteiger charge is -2.36. The quantitative estimate of drug-likeness (QED) is 0.238. The second kappa shape index (κ2) is 8.78. The van der Waals surface area contributed by atoms with Gasteiger partial charge in [0.05, 0.1) is 13.0 Å². The highest BCUT2D eigenvalue weighted by molar-refractivity contribution is 9.25. The first-order valence-electron chi connectivity index (χ1n) is 6.66. The zero-order valence-electron chi connectivity index (χ0n) is 12.7. The molecule has 0 aliphatic heterocycles. The van der Waals surface area contributed by atoms with Crippen LogP contribution in [0, 0.1) is 5.41 Å². The number of hydrogen-bond acceptors (Lipinski definition) is 2. The van der Waals surface area contributed by atoms with Crippen molar-refractivity contribution in [1.82, 2.24) is 0 Å². The Hall–Kier alpha value is 1.28. The van der Waals surface area contributed by atoms with Gasteiger partial charge in [-0.1, -0.05) is 61.6 Å². The van der Waals surface area contributed by atoms with Gasteiger partial charge in [0, 0.05) is 11.2 Å². The molecule has 10 heteroatoms. The smallest absolute Gasteiger partial charge is 0.413 e. The zero-order valence-corrected chi connectivity index (χ0v) is 19.0. The van der Waals surface area contributed by atoms with Crippen LogP contribution in [0.1, 0.15) is 40.0 Å². The lowest BCUT2D eigenvalue weighted by Crippen LogP contribution is -2.40. The molecule has 0 saturated heterocycles. The molecule has 0 aliphatic carbocycles. The molecule has 0 aliphatic rings. The molecule has 0 N–H and O–H groups in total. The molecule has 2 nitrogen and oxygen atoms in total. The fraction of sp³-hybridized carbons (Fsp3) is 0.923. The van der Waals surface area contributed by atoms with Crippen LogP contribution in [0.4, 0.5) is 13.2 Å². The molecule has 1 atom stereocenters. The first kappa shape index (κ1) is 24.3. The maximum Gasteiger partial charge on any atom is 0.413 e. The average Bonchev–Trinajstić information content (AvgIpc) is 2.23. The van der Waals surface area contributed by atoms with E-state index in [4.69, 9.17) is 27.9 Å². The Balaban J connectivity index is 4.92. The van der Waals surface area contributed by atoms with Crippen LogP contribution in [0.25, 0.3) is 0 Å². The van der Waals surface area contributed by atoms with E-state index in [1.54, 1.807) is 20.8 Å². The van der Waals surface area contributed by atoms with Crippen molar-refractivity contribution in [3.05, 3.63) is 0 Å². The molecular weight excluding hydrogens is 556 g/mol. The number of esters is 1. The average molecular weight is 574 g/mol. The van der Waals surface area contributed by atoms with Gasteiger partial charge in [0.2, 0.25) is 0 Å². The van der Waals surface area contributed by atoms with E-state index in [0.29, 0.717) is 0 Å². The summed E-state index contributed by atoms with van der Waals surface area (Å²) in [4.78, 5) is 11.2. The number of carbonyl (C=O) groups excluding carboxylic acids is 1. The Morgan fingerprint density at radius 1 is 1.22 bits per heavy atom. The third kappa shape index (κ3) is 8.47. The third-order valence-corrected chi connectivity index (χ3v) is 6.73. The van der Waals surface area contributed by atoms with Gasteiger partial charge in [0.15, 0.2) is 3.23 Å². The van der Waals surface area contributed by atoms with Gasteiger partial charge in [-0.05, 0) is 18.8 Å². The third-order valence-electron chi connectivity index (χ3n) is 3.13. The van der Waals surface area contributed by atoms with Crippen molar-refractivity contribution in [3.63, 3.8) is 0 Å². The zero-order chi connectivity index (χ0) is 18.7. The van der Waals surface area contributed by atoms with E-state index in [1.165, 1.54) is 0 Å². The SMILES string of the molecule is CCOC(=O)CC(C)(C)C(Br)CC(Cl)(Cl)CC(Br)(Br)C(F)(F)F. The van der Waals surface area contributed by atoms with Gasteiger partial charge < -0.3 is 4.74 Å². The second-order valence-electron chi connectivity index (χ2n) is 5.88. The molecule has 0 rings (SSSR count). The standard InChI is InChI=1S/C13H18Br3Cl2F3O2/c1-4-23-9(22)6-10(2,3)8(14)5-11(17,18)7-12(15,16)13(19,20)21/h8H,4-7H2,1-3H3. The maximum absolute atomic E-state index is 12.9. The lowest BCUT2D eigenvalue weighted by atomic mass is 9.83. The molecular formula is C13H18Br3Cl2F3O2. The number of carbonyl (C=O) groups is 1. The Morgan fingerprint density at radius 3 is 2.09 bits per heavy atom. The van der Waals surface area contributed by atoms with Crippen molar-refractivity contribution in [3.8, 4) is 0 Å². The minimum Gasteiger partial charge on any atom is -0.466 e. The van der Waals surface area contributed by atoms with E-state index in [2.05, 4.69) is 47.8 Å². The summed E-state index contributed by atoms with van der Waals surface area (Å²) < 4.78 is 39.6. The van der Waals surface area contributed by atoms with E-state index in [1.807, 2.05) is 0 Å². The Kier molecular flexibility index (Phi) is 9.27. The van der Waals surface area contributed by atoms with E-state index < -0.39 is 30.4 Å². The monoisotopic (exact) mass is 570 g/mol. The largest absolute Gasteiger partial charge is 0.466 e. The molecule has 23 heavy (non-hydrogen) atoms. The van der Waals surface area contributed by atoms with Gasteiger partial charge in [0.25, 0.3) is 0 Å². The molecule has 138 valence electrons. The highest BCUT2D eigenvalue weighted by Crippen LogP contribution is 2.52. The van der Waals surface area contributed by atoms with Gasteiger partial charge >= 0.3 is 12.1 Å². The van der Waals surface area contributed by atoms with Crippen LogP contribution in [-0.2, 0) is 9.53 Å². The predicted octanol–water partition coefficient (Wildman–Crippen LogP) is 6.73. The molecule has 0 bridgehead atoms. The molecule has 0 amide bonds. The van der Waals surface area contributed by atoms with Crippen molar-refractivity contribution in [2.45, 2.75) is 58.6 Å². The van der Waals surface area contributed by atoms with Crippen molar-refractivity contribution in [1.29, 1.82) is 0 Å². The van der Waals surface area contributed by atoms with Gasteiger partial charge in [-0.15, -0.1) is 23.2 Å². The minimum absolute atomic E-state index is 0.0115. The van der Waals surface area contributed by atoms with Crippen LogP contribution in [-0.4, -0.2) is 31.1 Å². The van der Waals surface area contributed by atoms with Crippen LogP contribution in [0.2, 0.25) is 0 Å². The number of halogens is 8. The lowest BCUT2D eigenvalue weighted by molar-refractivity contribution is -0.145. The number of rotatable bonds is 8. The van der Waals surface area contributed by atoms with Crippen molar-refractivity contribution >= 4 is 77.0 Å². The van der Waals surface area contributed by atoms with E-state index in [9.17, 15) is 18.0 Å². The highest BCUT2D eigenvalue weighted by Gasteiger charge is 2.55. The normalized spacial score (nSPS) is 15.4. The Morgan fingerprint density at radius 2 is 1.70 bits per heavy atom. The topological polar surface area (TPSA) is 26.3 Å². The first-order valence-corrected chi connectivity index (χ1v) is 9.92. The molecule has 1 unspecified atom stereocenters. The van der Waals surface area contributed by atoms with Crippen LogP contribution in [0.5, 0.6) is 0 Å². The minimum atomic E-state index is -4.57. The number of ether oxygens (including phenoxy) is 1. The Bertz CT molecular complexity index is 416. The summed E-state index contributed by atoms with van der Waals surface area (Å²) in [5.41, 5.74) is -0.596. The van der Waals surface area contributed by atoms with Crippen LogP contribution >= 0.6 is 71.0 Å². The summed E-state index contributed by atoms with van der Waals surface area (Å²) >= 11 is 20.7. The highest BCUT2D eigenvalue weighted by atomic mass is 79.9. The van der Waals surface area contributed by atoms with Crippen molar-refractivity contribution < 1.29 is 22.7 Å². The second-order valence-corrected chi connectivity index (χ2v) is 12.4. The van der Waals surface area contributed by atoms with Gasteiger partial charge in [-0.25, -0.2) is 0 Å². The Labute approximate surface area is 169 Å². The summed E-state index contributed by atoms with van der Waals surface area (Å²) in [6, 6.07) is 0. The summed E-state index contributed by atoms with van der Waals surface area (Å²) in [6.45, 7) is 5.53. The molecule has 0 aromatic heterocycles. The summed E-state index contributed by atoms with van der Waals surface area (Å²) in [7, 11) is 0. The molecule has 0 saturated carbocycles. The van der Waals surface area contributed by atoms with Gasteiger partial charge in [-0.3, -0.25) is 4.79 Å². The molecule has 0 aromatic rings. The van der Waals surface area contributed by atoms with E-state index in [0.717, 1.165) is 0 Å². The fourth-order valence-electron chi connectivity index (χ4n) is 1.73. The summed E-state index contributed by atoms with van der Waals surface area (Å²) in [6.07, 6.45) is -5.07. The van der Waals surface area contributed by atoms with Crippen LogP contribution < -0.4 is 0 Å². The maximum atomic E-state index is 12.9. The fourth-order valence-corrected chi connectivity index (χ4v) is 5.13. The summed E-state index contributed by atoms with van der Waals surface area (Å²) in [5.74, 6) is -0.387. The molecule has 0 spiro atoms. The molecule has 0 fully saturated rings. The van der Waals surface area contributed by atoms with Gasteiger partial charge in [-0.2, -0.15) is 13.2 Å². The molecule has 0 heterocycles. The summed E-state index contributed by atoms with van der Waals surface area (Å²) in [5, 5.41) is 0. The van der Waals surface area contributed by atoms with Gasteiger partial charge in [0.1, 0.15) is 4.33 Å². The number of alkyl halides is 8. The molecule has 0 aromatic carbocycles. The van der Waals surface area contributed by atoms with Crippen molar-refractivity contribution in [2.24, 2.45) is 5.41 Å². The predicted molar refractivity (Wildman–Crippen MR) is 98.1 cm³/mol. The number of hydrogen-bond donors (Lipinski definition) is 0. The van der Waals surface area contributed by atoms with E-state index in [-0.39, 0.29) is 25.4 Å². The van der Waals surface area contributed by atoms with E-state index >= 15 is 0 Å². The molecule has 0 radical (unpaired) electrons. The van der Waals surface area contributed by atoms with Crippen LogP contribution in [0.3, 0.4) is 0 Å². The van der Waals surface area contributed by atoms with Crippen molar-refractivity contribution in [2.75, 3.05) is 6.61 Å². The first-order chi connectivity index (χ1) is 10.0. The van der Waals surface area contributed by atoms with Crippen LogP contribution in [0.15, 0.2) is 0 Å².